The number of carbonyl (C=O) groups excluding carboxylic acids is 3. The average molecular weight is 497 g/mol. The van der Waals surface area contributed by atoms with Gasteiger partial charge in [-0.05, 0) is 43.0 Å². The lowest BCUT2D eigenvalue weighted by molar-refractivity contribution is -0.142. The second-order valence-corrected chi connectivity index (χ2v) is 9.58. The van der Waals surface area contributed by atoms with E-state index in [-0.39, 0.29) is 11.8 Å². The van der Waals surface area contributed by atoms with Crippen molar-refractivity contribution in [2.75, 3.05) is 24.4 Å². The fourth-order valence-corrected chi connectivity index (χ4v) is 4.21. The molecule has 0 saturated carbocycles. The summed E-state index contributed by atoms with van der Waals surface area (Å²) in [6.45, 7) is 6.00. The Labute approximate surface area is 209 Å². The standard InChI is InChI=1S/C26H32N4O4S/c1-16(2)24(31)28-19-13-20(25(32)29-21(11-12-35-5)26(33)34-4)23-22(14-19)27-17(3)30(23)15-18-9-7-6-8-10-18/h6-10,13-14,16,21H,11-12,15H2,1-5H3,(H,28,31)(H,29,32)/t21-/m0/s1. The number of hydrogen-bond donors (Lipinski definition) is 2. The average Bonchev–Trinajstić information content (AvgIpc) is 3.15. The van der Waals surface area contributed by atoms with Crippen molar-refractivity contribution in [2.24, 2.45) is 5.92 Å². The Bertz CT molecular complexity index is 1210. The van der Waals surface area contributed by atoms with Gasteiger partial charge in [0.2, 0.25) is 5.91 Å². The van der Waals surface area contributed by atoms with Gasteiger partial charge in [0, 0.05) is 18.2 Å². The first-order chi connectivity index (χ1) is 16.7. The van der Waals surface area contributed by atoms with Crippen LogP contribution in [-0.2, 0) is 20.9 Å². The van der Waals surface area contributed by atoms with E-state index >= 15 is 0 Å². The first-order valence-corrected chi connectivity index (χ1v) is 12.9. The van der Waals surface area contributed by atoms with E-state index in [9.17, 15) is 14.4 Å². The van der Waals surface area contributed by atoms with Crippen LogP contribution in [-0.4, -0.2) is 52.5 Å². The van der Waals surface area contributed by atoms with Gasteiger partial charge in [0.1, 0.15) is 11.9 Å². The van der Waals surface area contributed by atoms with Gasteiger partial charge in [-0.25, -0.2) is 9.78 Å². The number of aryl methyl sites for hydroxylation is 1. The number of benzene rings is 2. The molecule has 0 radical (unpaired) electrons. The van der Waals surface area contributed by atoms with Crippen LogP contribution in [0.3, 0.4) is 0 Å². The summed E-state index contributed by atoms with van der Waals surface area (Å²) in [5, 5.41) is 5.70. The van der Waals surface area contributed by atoms with Crippen molar-refractivity contribution in [3.63, 3.8) is 0 Å². The molecule has 9 heteroatoms. The van der Waals surface area contributed by atoms with Gasteiger partial charge in [0.15, 0.2) is 0 Å². The Balaban J connectivity index is 2.09. The quantitative estimate of drug-likeness (QED) is 0.411. The number of ether oxygens (including phenoxy) is 1. The van der Waals surface area contributed by atoms with Crippen LogP contribution in [0.25, 0.3) is 11.0 Å². The molecule has 186 valence electrons. The maximum atomic E-state index is 13.6. The monoisotopic (exact) mass is 496 g/mol. The molecule has 0 aliphatic carbocycles. The lowest BCUT2D eigenvalue weighted by Crippen LogP contribution is -2.42. The predicted octanol–water partition coefficient (Wildman–Crippen LogP) is 4.01. The Morgan fingerprint density at radius 3 is 2.49 bits per heavy atom. The molecule has 0 bridgehead atoms. The Hall–Kier alpha value is -3.33. The summed E-state index contributed by atoms with van der Waals surface area (Å²) in [5.74, 6) is 0.102. The minimum absolute atomic E-state index is 0.163. The summed E-state index contributed by atoms with van der Waals surface area (Å²) in [4.78, 5) is 42.9. The molecule has 0 unspecified atom stereocenters. The third-order valence-corrected chi connectivity index (χ3v) is 6.30. The minimum Gasteiger partial charge on any atom is -0.467 e. The van der Waals surface area contributed by atoms with Crippen LogP contribution in [0.2, 0.25) is 0 Å². The van der Waals surface area contributed by atoms with Crippen LogP contribution in [0, 0.1) is 12.8 Å². The number of thioether (sulfide) groups is 1. The zero-order valence-corrected chi connectivity index (χ0v) is 21.6. The van der Waals surface area contributed by atoms with Gasteiger partial charge in [0.05, 0.1) is 23.7 Å². The Morgan fingerprint density at radius 1 is 1.14 bits per heavy atom. The number of esters is 1. The number of rotatable bonds is 10. The van der Waals surface area contributed by atoms with Crippen molar-refractivity contribution in [2.45, 2.75) is 39.8 Å². The molecule has 8 nitrogen and oxygen atoms in total. The number of methoxy groups -OCH3 is 1. The number of amides is 2. The summed E-state index contributed by atoms with van der Waals surface area (Å²) in [6, 6.07) is 12.5. The molecular formula is C26H32N4O4S. The zero-order chi connectivity index (χ0) is 25.5. The zero-order valence-electron chi connectivity index (χ0n) is 20.8. The highest BCUT2D eigenvalue weighted by Gasteiger charge is 2.25. The lowest BCUT2D eigenvalue weighted by atomic mass is 10.1. The van der Waals surface area contributed by atoms with Gasteiger partial charge in [-0.3, -0.25) is 9.59 Å². The third kappa shape index (κ3) is 6.42. The molecule has 2 amide bonds. The van der Waals surface area contributed by atoms with Crippen LogP contribution in [0.4, 0.5) is 5.69 Å². The second kappa shape index (κ2) is 11.9. The number of nitrogens with zero attached hydrogens (tertiary/aromatic N) is 2. The van der Waals surface area contributed by atoms with Crippen LogP contribution < -0.4 is 10.6 Å². The van der Waals surface area contributed by atoms with Crippen molar-refractivity contribution in [3.05, 3.63) is 59.4 Å². The van der Waals surface area contributed by atoms with Crippen molar-refractivity contribution >= 4 is 46.3 Å². The first kappa shape index (κ1) is 26.3. The number of anilines is 1. The molecule has 1 aromatic heterocycles. The van der Waals surface area contributed by atoms with Gasteiger partial charge in [0.25, 0.3) is 5.91 Å². The van der Waals surface area contributed by atoms with E-state index in [1.165, 1.54) is 7.11 Å². The van der Waals surface area contributed by atoms with Gasteiger partial charge >= 0.3 is 5.97 Å². The topological polar surface area (TPSA) is 102 Å². The predicted molar refractivity (Wildman–Crippen MR) is 140 cm³/mol. The number of fused-ring (bicyclic) bond motifs is 1. The van der Waals surface area contributed by atoms with E-state index in [4.69, 9.17) is 4.74 Å². The van der Waals surface area contributed by atoms with Gasteiger partial charge < -0.3 is 19.9 Å². The highest BCUT2D eigenvalue weighted by Crippen LogP contribution is 2.27. The summed E-state index contributed by atoms with van der Waals surface area (Å²) in [5.41, 5.74) is 3.09. The molecule has 0 saturated heterocycles. The van der Waals surface area contributed by atoms with Crippen LogP contribution >= 0.6 is 11.8 Å². The SMILES string of the molecule is COC(=O)[C@H](CCSC)NC(=O)c1cc(NC(=O)C(C)C)cc2nc(C)n(Cc3ccccc3)c12. The molecule has 3 aromatic rings. The van der Waals surface area contributed by atoms with E-state index in [0.717, 1.165) is 11.4 Å². The van der Waals surface area contributed by atoms with E-state index in [2.05, 4.69) is 15.6 Å². The maximum Gasteiger partial charge on any atom is 0.328 e. The Morgan fingerprint density at radius 2 is 1.86 bits per heavy atom. The molecule has 1 heterocycles. The second-order valence-electron chi connectivity index (χ2n) is 8.60. The highest BCUT2D eigenvalue weighted by atomic mass is 32.2. The van der Waals surface area contributed by atoms with Crippen LogP contribution in [0.15, 0.2) is 42.5 Å². The van der Waals surface area contributed by atoms with E-state index in [1.807, 2.05) is 48.1 Å². The number of nitrogens with one attached hydrogen (secondary N) is 2. The van der Waals surface area contributed by atoms with E-state index < -0.39 is 17.9 Å². The lowest BCUT2D eigenvalue weighted by Gasteiger charge is -2.18. The first-order valence-electron chi connectivity index (χ1n) is 11.5. The maximum absolute atomic E-state index is 13.6. The molecule has 2 aromatic carbocycles. The van der Waals surface area contributed by atoms with Crippen molar-refractivity contribution in [1.82, 2.24) is 14.9 Å². The smallest absolute Gasteiger partial charge is 0.328 e. The van der Waals surface area contributed by atoms with Crippen molar-refractivity contribution in [3.8, 4) is 0 Å². The summed E-state index contributed by atoms with van der Waals surface area (Å²) >= 11 is 1.58. The molecule has 3 rings (SSSR count). The van der Waals surface area contributed by atoms with E-state index in [0.29, 0.717) is 41.0 Å². The number of imidazole rings is 1. The Kier molecular flexibility index (Phi) is 8.92. The molecule has 0 spiro atoms. The number of aromatic nitrogens is 2. The molecule has 1 atom stereocenters. The number of hydrogen-bond acceptors (Lipinski definition) is 6. The van der Waals surface area contributed by atoms with Gasteiger partial charge in [-0.1, -0.05) is 44.2 Å². The molecule has 0 aliphatic rings. The molecule has 0 fully saturated rings. The highest BCUT2D eigenvalue weighted by molar-refractivity contribution is 7.98. The summed E-state index contributed by atoms with van der Waals surface area (Å²) < 4.78 is 6.88. The largest absolute Gasteiger partial charge is 0.467 e. The van der Waals surface area contributed by atoms with Gasteiger partial charge in [-0.2, -0.15) is 11.8 Å². The number of carbonyl (C=O) groups is 3. The molecule has 2 N–H and O–H groups in total. The molecule has 35 heavy (non-hydrogen) atoms. The normalized spacial score (nSPS) is 11.9. The molecular weight excluding hydrogens is 464 g/mol. The van der Waals surface area contributed by atoms with Gasteiger partial charge in [-0.15, -0.1) is 0 Å². The van der Waals surface area contributed by atoms with Crippen molar-refractivity contribution < 1.29 is 19.1 Å². The van der Waals surface area contributed by atoms with E-state index in [1.54, 1.807) is 37.7 Å². The minimum atomic E-state index is -0.782. The summed E-state index contributed by atoms with van der Waals surface area (Å²) in [6.07, 6.45) is 2.38. The van der Waals surface area contributed by atoms with Crippen molar-refractivity contribution in [1.29, 1.82) is 0 Å². The third-order valence-electron chi connectivity index (χ3n) is 5.65. The van der Waals surface area contributed by atoms with Crippen LogP contribution in [0.5, 0.6) is 0 Å². The fraction of sp³-hybridized carbons (Fsp3) is 0.385. The summed E-state index contributed by atoms with van der Waals surface area (Å²) in [7, 11) is 1.30. The molecule has 0 aliphatic heterocycles. The fourth-order valence-electron chi connectivity index (χ4n) is 3.74. The van der Waals surface area contributed by atoms with Crippen LogP contribution in [0.1, 0.15) is 42.0 Å².